The van der Waals surface area contributed by atoms with E-state index in [1.165, 1.54) is 18.4 Å². The van der Waals surface area contributed by atoms with Gasteiger partial charge in [-0.05, 0) is 12.1 Å². The molecule has 0 atom stereocenters. The lowest BCUT2D eigenvalue weighted by Crippen LogP contribution is -2.26. The number of alkyl halides is 2. The molecule has 0 saturated heterocycles. The van der Waals surface area contributed by atoms with Gasteiger partial charge in [-0.25, -0.2) is 0 Å². The third-order valence-electron chi connectivity index (χ3n) is 1.61. The largest absolute Gasteiger partial charge is 0.461 e. The Hall–Kier alpha value is -1.52. The van der Waals surface area contributed by atoms with Crippen LogP contribution in [-0.2, 0) is 4.79 Å². The molecule has 1 rings (SSSR count). The Morgan fingerprint density at radius 3 is 2.57 bits per heavy atom. The highest BCUT2D eigenvalue weighted by atomic mass is 19.3. The minimum atomic E-state index is -3.47. The van der Waals surface area contributed by atoms with E-state index in [-0.39, 0.29) is 5.76 Å². The van der Waals surface area contributed by atoms with Crippen molar-refractivity contribution < 1.29 is 22.8 Å². The molecule has 0 aliphatic carbocycles. The van der Waals surface area contributed by atoms with Crippen LogP contribution in [0.3, 0.4) is 0 Å². The first kappa shape index (κ1) is 10.6. The van der Waals surface area contributed by atoms with Gasteiger partial charge in [0, 0.05) is 6.92 Å². The lowest BCUT2D eigenvalue weighted by Gasteiger charge is -2.06. The van der Waals surface area contributed by atoms with Crippen LogP contribution >= 0.6 is 0 Å². The number of rotatable bonds is 4. The maximum absolute atomic E-state index is 12.4. The van der Waals surface area contributed by atoms with Crippen molar-refractivity contribution in [1.82, 2.24) is 0 Å². The molecule has 0 aliphatic heterocycles. The monoisotopic (exact) mass is 202 g/mol. The highest BCUT2D eigenvalue weighted by Crippen LogP contribution is 2.16. The summed E-state index contributed by atoms with van der Waals surface area (Å²) in [6, 6.07) is 2.77. The van der Waals surface area contributed by atoms with Gasteiger partial charge < -0.3 is 4.42 Å². The van der Waals surface area contributed by atoms with E-state index in [4.69, 9.17) is 0 Å². The fourth-order valence-corrected chi connectivity index (χ4v) is 0.825. The van der Waals surface area contributed by atoms with Crippen LogP contribution in [0.1, 0.15) is 23.9 Å². The molecule has 0 N–H and O–H groups in total. The molecular weight excluding hydrogens is 194 g/mol. The summed E-state index contributed by atoms with van der Waals surface area (Å²) in [5.74, 6) is -5.69. The third kappa shape index (κ3) is 2.48. The predicted molar refractivity (Wildman–Crippen MR) is 43.3 cm³/mol. The van der Waals surface area contributed by atoms with Gasteiger partial charge in [-0.3, -0.25) is 9.59 Å². The Labute approximate surface area is 78.7 Å². The second-order valence-electron chi connectivity index (χ2n) is 2.89. The van der Waals surface area contributed by atoms with E-state index in [2.05, 4.69) is 4.42 Å². The summed E-state index contributed by atoms with van der Waals surface area (Å²) in [5.41, 5.74) is 0. The number of furan rings is 1. The summed E-state index contributed by atoms with van der Waals surface area (Å²) in [4.78, 5) is 21.9. The number of hydrogen-bond acceptors (Lipinski definition) is 3. The summed E-state index contributed by atoms with van der Waals surface area (Å²) >= 11 is 0. The maximum atomic E-state index is 12.4. The van der Waals surface area contributed by atoms with Crippen molar-refractivity contribution in [3.8, 4) is 0 Å². The van der Waals surface area contributed by atoms with Crippen LogP contribution in [0.25, 0.3) is 0 Å². The Morgan fingerprint density at radius 2 is 2.14 bits per heavy atom. The molecule has 14 heavy (non-hydrogen) atoms. The summed E-state index contributed by atoms with van der Waals surface area (Å²) in [6.07, 6.45) is 0.402. The zero-order chi connectivity index (χ0) is 10.8. The van der Waals surface area contributed by atoms with Crippen molar-refractivity contribution in [2.45, 2.75) is 19.3 Å². The van der Waals surface area contributed by atoms with E-state index in [9.17, 15) is 18.4 Å². The zero-order valence-electron chi connectivity index (χ0n) is 7.42. The molecule has 5 heteroatoms. The Bertz CT molecular complexity index is 335. The fourth-order valence-electron chi connectivity index (χ4n) is 0.825. The molecule has 1 heterocycles. The minimum absolute atomic E-state index is 0.0809. The van der Waals surface area contributed by atoms with E-state index in [1.54, 1.807) is 0 Å². The smallest absolute Gasteiger partial charge is 0.303 e. The summed E-state index contributed by atoms with van der Waals surface area (Å²) in [6.45, 7) is 0.463. The summed E-state index contributed by atoms with van der Waals surface area (Å²) < 4.78 is 29.4. The van der Waals surface area contributed by atoms with Crippen molar-refractivity contribution in [2.24, 2.45) is 0 Å². The lowest BCUT2D eigenvalue weighted by atomic mass is 10.1. The Balaban J connectivity index is 2.63. The van der Waals surface area contributed by atoms with Gasteiger partial charge in [0.15, 0.2) is 5.76 Å². The Morgan fingerprint density at radius 1 is 1.50 bits per heavy atom. The average molecular weight is 202 g/mol. The van der Waals surface area contributed by atoms with Crippen molar-refractivity contribution in [3.63, 3.8) is 0 Å². The van der Waals surface area contributed by atoms with E-state index >= 15 is 0 Å². The highest BCUT2D eigenvalue weighted by molar-refractivity contribution is 6.08. The van der Waals surface area contributed by atoms with Crippen LogP contribution in [0.4, 0.5) is 8.78 Å². The van der Waals surface area contributed by atoms with Gasteiger partial charge in [0.25, 0.3) is 0 Å². The van der Waals surface area contributed by atoms with Gasteiger partial charge in [-0.1, -0.05) is 0 Å². The highest BCUT2D eigenvalue weighted by Gasteiger charge is 2.33. The van der Waals surface area contributed by atoms with E-state index in [1.807, 2.05) is 0 Å². The maximum Gasteiger partial charge on any atom is 0.303 e. The number of halogens is 2. The minimum Gasteiger partial charge on any atom is -0.461 e. The number of ketones is 2. The van der Waals surface area contributed by atoms with Crippen molar-refractivity contribution in [3.05, 3.63) is 24.2 Å². The fraction of sp³-hybridized carbons (Fsp3) is 0.333. The molecule has 0 fully saturated rings. The first-order chi connectivity index (χ1) is 6.41. The number of carbonyl (C=O) groups is 2. The average Bonchev–Trinajstić information content (AvgIpc) is 2.53. The molecule has 0 spiro atoms. The van der Waals surface area contributed by atoms with Crippen LogP contribution in [0.5, 0.6) is 0 Å². The second-order valence-corrected chi connectivity index (χ2v) is 2.89. The van der Waals surface area contributed by atoms with Crippen molar-refractivity contribution >= 4 is 11.6 Å². The van der Waals surface area contributed by atoms with Gasteiger partial charge >= 0.3 is 5.92 Å². The standard InChI is InChI=1S/C9H8F2O3/c1-9(10,11)8(13)5-6(12)7-3-2-4-14-7/h2-4H,5H2,1H3. The first-order valence-corrected chi connectivity index (χ1v) is 3.89. The molecule has 0 aliphatic rings. The van der Waals surface area contributed by atoms with Gasteiger partial charge in [0.05, 0.1) is 12.7 Å². The van der Waals surface area contributed by atoms with Crippen molar-refractivity contribution in [1.29, 1.82) is 0 Å². The molecule has 1 aromatic heterocycles. The van der Waals surface area contributed by atoms with Crippen LogP contribution in [0.15, 0.2) is 22.8 Å². The summed E-state index contributed by atoms with van der Waals surface area (Å²) in [5, 5.41) is 0. The molecule has 0 unspecified atom stereocenters. The zero-order valence-corrected chi connectivity index (χ0v) is 7.42. The Kier molecular flexibility index (Phi) is 2.78. The van der Waals surface area contributed by atoms with Crippen LogP contribution in [0, 0.1) is 0 Å². The first-order valence-electron chi connectivity index (χ1n) is 3.89. The molecule has 76 valence electrons. The molecule has 0 amide bonds. The normalized spacial score (nSPS) is 11.4. The van der Waals surface area contributed by atoms with E-state index < -0.39 is 23.9 Å². The molecule has 1 aromatic rings. The quantitative estimate of drug-likeness (QED) is 0.554. The van der Waals surface area contributed by atoms with Gasteiger partial charge in [0.2, 0.25) is 11.6 Å². The van der Waals surface area contributed by atoms with E-state index in [0.717, 1.165) is 0 Å². The lowest BCUT2D eigenvalue weighted by molar-refractivity contribution is -0.139. The van der Waals surface area contributed by atoms with Crippen LogP contribution in [-0.4, -0.2) is 17.5 Å². The number of hydrogen-bond donors (Lipinski definition) is 0. The second kappa shape index (κ2) is 3.69. The van der Waals surface area contributed by atoms with Gasteiger partial charge in [-0.2, -0.15) is 8.78 Å². The molecule has 0 radical (unpaired) electrons. The number of Topliss-reactive ketones (excluding diaryl/α,β-unsaturated/α-hetero) is 2. The predicted octanol–water partition coefficient (Wildman–Crippen LogP) is 2.08. The summed E-state index contributed by atoms with van der Waals surface area (Å²) in [7, 11) is 0. The van der Waals surface area contributed by atoms with Crippen LogP contribution < -0.4 is 0 Å². The molecule has 0 bridgehead atoms. The van der Waals surface area contributed by atoms with Gasteiger partial charge in [0.1, 0.15) is 0 Å². The van der Waals surface area contributed by atoms with Gasteiger partial charge in [-0.15, -0.1) is 0 Å². The third-order valence-corrected chi connectivity index (χ3v) is 1.61. The number of carbonyl (C=O) groups excluding carboxylic acids is 2. The molecular formula is C9H8F2O3. The molecule has 3 nitrogen and oxygen atoms in total. The van der Waals surface area contributed by atoms with E-state index in [0.29, 0.717) is 6.92 Å². The molecule has 0 saturated carbocycles. The SMILES string of the molecule is CC(F)(F)C(=O)CC(=O)c1ccco1. The molecule has 0 aromatic carbocycles. The van der Waals surface area contributed by atoms with Crippen molar-refractivity contribution in [2.75, 3.05) is 0 Å². The topological polar surface area (TPSA) is 47.3 Å². The van der Waals surface area contributed by atoms with Crippen LogP contribution in [0.2, 0.25) is 0 Å².